The van der Waals surface area contributed by atoms with E-state index in [1.54, 1.807) is 0 Å². The molecule has 0 aromatic rings. The molecule has 0 aliphatic carbocycles. The molecule has 0 heterocycles. The molecule has 0 amide bonds. The first kappa shape index (κ1) is 19.4. The van der Waals surface area contributed by atoms with Gasteiger partial charge in [0.15, 0.2) is 9.03 Å². The van der Waals surface area contributed by atoms with E-state index in [-0.39, 0.29) is 20.2 Å². The molecule has 0 aliphatic rings. The van der Waals surface area contributed by atoms with E-state index in [2.05, 4.69) is 41.5 Å². The molecule has 0 saturated heterocycles. The van der Waals surface area contributed by atoms with Crippen LogP contribution < -0.4 is 0 Å². The molecule has 0 rings (SSSR count). The van der Waals surface area contributed by atoms with Crippen molar-refractivity contribution in [3.8, 4) is 0 Å². The lowest BCUT2D eigenvalue weighted by atomic mass is 9.92. The fraction of sp³-hybridized carbons (Fsp3) is 1.00. The summed E-state index contributed by atoms with van der Waals surface area (Å²) in [5.41, 5.74) is 0.0687. The van der Waals surface area contributed by atoms with Crippen LogP contribution in [0.2, 0.25) is 0 Å². The molecule has 0 saturated carbocycles. The van der Waals surface area contributed by atoms with Crippen LogP contribution in [0.3, 0.4) is 0 Å². The van der Waals surface area contributed by atoms with E-state index in [9.17, 15) is 0 Å². The average molecular weight is 290 g/mol. The van der Waals surface area contributed by atoms with Crippen LogP contribution in [-0.4, -0.2) is 11.2 Å². The van der Waals surface area contributed by atoms with Crippen molar-refractivity contribution in [1.29, 1.82) is 0 Å². The highest BCUT2D eigenvalue weighted by atomic mass is 31.1. The molecular formula is C16H35O2P. The summed E-state index contributed by atoms with van der Waals surface area (Å²) in [4.78, 5) is 0. The lowest BCUT2D eigenvalue weighted by molar-refractivity contribution is 0.0103. The molecule has 116 valence electrons. The summed E-state index contributed by atoms with van der Waals surface area (Å²) in [5, 5.41) is 0. The van der Waals surface area contributed by atoms with Gasteiger partial charge in [-0.05, 0) is 38.5 Å². The van der Waals surface area contributed by atoms with E-state index in [0.29, 0.717) is 0 Å². The second kappa shape index (κ2) is 10.1. The maximum Gasteiger partial charge on any atom is 0.156 e. The van der Waals surface area contributed by atoms with Crippen molar-refractivity contribution in [3.63, 3.8) is 0 Å². The van der Waals surface area contributed by atoms with E-state index in [1.807, 2.05) is 0 Å². The van der Waals surface area contributed by atoms with E-state index in [1.165, 1.54) is 12.8 Å². The standard InChI is InChI=1S/C16H35O2P/c1-7-13-15(9-3,10-4)17-19-18-16(11-5,12-6)14-8-2/h19H,7-14H2,1-6H3. The van der Waals surface area contributed by atoms with Crippen LogP contribution in [0.5, 0.6) is 0 Å². The van der Waals surface area contributed by atoms with Crippen LogP contribution in [0.15, 0.2) is 0 Å². The summed E-state index contributed by atoms with van der Waals surface area (Å²) in [7, 11) is 0.182. The fourth-order valence-electron chi connectivity index (χ4n) is 2.71. The lowest BCUT2D eigenvalue weighted by Gasteiger charge is -2.35. The van der Waals surface area contributed by atoms with Gasteiger partial charge in [0.2, 0.25) is 0 Å². The van der Waals surface area contributed by atoms with Crippen LogP contribution in [-0.2, 0) is 9.05 Å². The predicted octanol–water partition coefficient (Wildman–Crippen LogP) is 6.25. The molecule has 0 bridgehead atoms. The van der Waals surface area contributed by atoms with E-state index < -0.39 is 0 Å². The van der Waals surface area contributed by atoms with Gasteiger partial charge in [0.05, 0.1) is 11.2 Å². The average Bonchev–Trinajstić information content (AvgIpc) is 2.45. The SMILES string of the molecule is CCCC(CC)(CC)OPOC(CC)(CC)CCC. The Bertz CT molecular complexity index is 189. The summed E-state index contributed by atoms with van der Waals surface area (Å²) in [6, 6.07) is 0. The van der Waals surface area contributed by atoms with Gasteiger partial charge in [-0.2, -0.15) is 0 Å². The molecule has 2 nitrogen and oxygen atoms in total. The van der Waals surface area contributed by atoms with Gasteiger partial charge < -0.3 is 9.05 Å². The maximum atomic E-state index is 6.18. The zero-order chi connectivity index (χ0) is 14.8. The summed E-state index contributed by atoms with van der Waals surface area (Å²) >= 11 is 0. The summed E-state index contributed by atoms with van der Waals surface area (Å²) in [6.45, 7) is 13.4. The van der Waals surface area contributed by atoms with E-state index in [4.69, 9.17) is 9.05 Å². The molecule has 0 atom stereocenters. The summed E-state index contributed by atoms with van der Waals surface area (Å²) in [5.74, 6) is 0. The zero-order valence-electron chi connectivity index (χ0n) is 14.0. The molecular weight excluding hydrogens is 255 g/mol. The minimum absolute atomic E-state index is 0.0344. The highest BCUT2D eigenvalue weighted by molar-refractivity contribution is 7.26. The highest BCUT2D eigenvalue weighted by Crippen LogP contribution is 2.39. The molecule has 0 fully saturated rings. The Hall–Kier alpha value is 0.350. The Morgan fingerprint density at radius 1 is 0.632 bits per heavy atom. The molecule has 0 aromatic carbocycles. The first-order chi connectivity index (χ1) is 9.07. The van der Waals surface area contributed by atoms with Crippen LogP contribution in [0, 0.1) is 0 Å². The quantitative estimate of drug-likeness (QED) is 0.396. The fourth-order valence-corrected chi connectivity index (χ4v) is 3.88. The van der Waals surface area contributed by atoms with Gasteiger partial charge >= 0.3 is 0 Å². The lowest BCUT2D eigenvalue weighted by Crippen LogP contribution is -2.31. The third kappa shape index (κ3) is 6.10. The highest BCUT2D eigenvalue weighted by Gasteiger charge is 2.30. The Morgan fingerprint density at radius 2 is 0.947 bits per heavy atom. The topological polar surface area (TPSA) is 18.5 Å². The van der Waals surface area contributed by atoms with Gasteiger partial charge in [0.1, 0.15) is 0 Å². The second-order valence-electron chi connectivity index (χ2n) is 5.57. The maximum absolute atomic E-state index is 6.18. The molecule has 3 heteroatoms. The molecule has 19 heavy (non-hydrogen) atoms. The van der Waals surface area contributed by atoms with E-state index >= 15 is 0 Å². The molecule has 0 radical (unpaired) electrons. The van der Waals surface area contributed by atoms with Crippen molar-refractivity contribution in [1.82, 2.24) is 0 Å². The van der Waals surface area contributed by atoms with Crippen molar-refractivity contribution in [2.45, 2.75) is 104 Å². The third-order valence-corrected chi connectivity index (χ3v) is 5.54. The summed E-state index contributed by atoms with van der Waals surface area (Å²) in [6.07, 6.45) is 8.92. The predicted molar refractivity (Wildman–Crippen MR) is 86.9 cm³/mol. The minimum atomic E-state index is 0.0344. The minimum Gasteiger partial charge on any atom is -0.330 e. The first-order valence-electron chi connectivity index (χ1n) is 8.18. The normalized spacial score (nSPS) is 12.9. The van der Waals surface area contributed by atoms with Crippen molar-refractivity contribution >= 4 is 9.03 Å². The van der Waals surface area contributed by atoms with E-state index in [0.717, 1.165) is 38.5 Å². The molecule has 0 unspecified atom stereocenters. The molecule has 0 N–H and O–H groups in total. The third-order valence-electron chi connectivity index (χ3n) is 4.50. The van der Waals surface area contributed by atoms with Crippen molar-refractivity contribution in [2.75, 3.05) is 0 Å². The smallest absolute Gasteiger partial charge is 0.156 e. The van der Waals surface area contributed by atoms with Crippen LogP contribution in [0.1, 0.15) is 92.9 Å². The van der Waals surface area contributed by atoms with Crippen molar-refractivity contribution in [2.24, 2.45) is 0 Å². The Balaban J connectivity index is 4.43. The first-order valence-corrected chi connectivity index (χ1v) is 9.00. The Labute approximate surface area is 123 Å². The number of hydrogen-bond donors (Lipinski definition) is 0. The summed E-state index contributed by atoms with van der Waals surface area (Å²) < 4.78 is 12.4. The monoisotopic (exact) mass is 290 g/mol. The molecule has 0 spiro atoms. The molecule has 0 aliphatic heterocycles. The largest absolute Gasteiger partial charge is 0.330 e. The Morgan fingerprint density at radius 3 is 1.16 bits per heavy atom. The van der Waals surface area contributed by atoms with Gasteiger partial charge in [-0.1, -0.05) is 54.4 Å². The van der Waals surface area contributed by atoms with Crippen molar-refractivity contribution in [3.05, 3.63) is 0 Å². The van der Waals surface area contributed by atoms with Gasteiger partial charge in [-0.3, -0.25) is 0 Å². The van der Waals surface area contributed by atoms with Crippen LogP contribution in [0.4, 0.5) is 0 Å². The van der Waals surface area contributed by atoms with Gasteiger partial charge in [-0.25, -0.2) is 0 Å². The zero-order valence-corrected chi connectivity index (χ0v) is 15.0. The van der Waals surface area contributed by atoms with Crippen LogP contribution in [0.25, 0.3) is 0 Å². The van der Waals surface area contributed by atoms with Gasteiger partial charge in [-0.15, -0.1) is 0 Å². The Kier molecular flexibility index (Phi) is 10.3. The van der Waals surface area contributed by atoms with Crippen LogP contribution >= 0.6 is 9.03 Å². The van der Waals surface area contributed by atoms with Gasteiger partial charge in [0, 0.05) is 0 Å². The second-order valence-corrected chi connectivity index (χ2v) is 6.14. The van der Waals surface area contributed by atoms with Gasteiger partial charge in [0.25, 0.3) is 0 Å². The van der Waals surface area contributed by atoms with Crippen molar-refractivity contribution < 1.29 is 9.05 Å². The molecule has 0 aromatic heterocycles. The number of hydrogen-bond acceptors (Lipinski definition) is 2. The number of rotatable bonds is 12.